The molecule has 0 bridgehead atoms. The summed E-state index contributed by atoms with van der Waals surface area (Å²) in [6.45, 7) is 8.36. The summed E-state index contributed by atoms with van der Waals surface area (Å²) in [6.07, 6.45) is 3.99. The van der Waals surface area contributed by atoms with Gasteiger partial charge in [0.1, 0.15) is 5.75 Å². The first-order chi connectivity index (χ1) is 13.5. The van der Waals surface area contributed by atoms with Crippen LogP contribution in [0.15, 0.2) is 36.7 Å². The van der Waals surface area contributed by atoms with Crippen LogP contribution < -0.4 is 4.74 Å². The first-order valence-corrected chi connectivity index (χ1v) is 9.64. The normalized spacial score (nSPS) is 14.5. The van der Waals surface area contributed by atoms with Crippen molar-refractivity contribution in [1.29, 1.82) is 0 Å². The van der Waals surface area contributed by atoms with Gasteiger partial charge in [-0.1, -0.05) is 12.1 Å². The second kappa shape index (κ2) is 8.87. The maximum Gasteiger partial charge on any atom is 0.260 e. The van der Waals surface area contributed by atoms with Crippen LogP contribution in [0.2, 0.25) is 0 Å². The van der Waals surface area contributed by atoms with Gasteiger partial charge in [0.25, 0.3) is 11.8 Å². The fraction of sp³-hybridized carbons (Fsp3) is 0.409. The molecule has 0 spiro atoms. The molecule has 0 radical (unpaired) electrons. The van der Waals surface area contributed by atoms with Crippen LogP contribution in [0.5, 0.6) is 5.75 Å². The molecule has 6 nitrogen and oxygen atoms in total. The Kier molecular flexibility index (Phi) is 6.29. The summed E-state index contributed by atoms with van der Waals surface area (Å²) in [6, 6.07) is 7.51. The Labute approximate surface area is 166 Å². The summed E-state index contributed by atoms with van der Waals surface area (Å²) in [5, 5.41) is 0. The fourth-order valence-electron chi connectivity index (χ4n) is 3.42. The van der Waals surface area contributed by atoms with Crippen molar-refractivity contribution in [3.63, 3.8) is 0 Å². The standard InChI is InChI=1S/C22H27N3O3/c1-16-5-6-17(2)21(18(16)3)28-15-20(26)24-11-4-12-25(14-13-24)22(27)19-7-9-23-10-8-19/h5-10H,4,11-15H2,1-3H3. The summed E-state index contributed by atoms with van der Waals surface area (Å²) in [7, 11) is 0. The number of hydrogen-bond acceptors (Lipinski definition) is 4. The molecule has 1 aliphatic rings. The maximum absolute atomic E-state index is 12.7. The summed E-state index contributed by atoms with van der Waals surface area (Å²) in [5.74, 6) is 0.732. The monoisotopic (exact) mass is 381 g/mol. The van der Waals surface area contributed by atoms with E-state index in [0.29, 0.717) is 31.7 Å². The molecule has 1 fully saturated rings. The molecule has 28 heavy (non-hydrogen) atoms. The van der Waals surface area contributed by atoms with Gasteiger partial charge in [0.15, 0.2) is 6.61 Å². The van der Waals surface area contributed by atoms with E-state index in [1.54, 1.807) is 34.3 Å². The first-order valence-electron chi connectivity index (χ1n) is 9.64. The van der Waals surface area contributed by atoms with Gasteiger partial charge < -0.3 is 14.5 Å². The van der Waals surface area contributed by atoms with E-state index in [2.05, 4.69) is 11.1 Å². The summed E-state index contributed by atoms with van der Waals surface area (Å²) in [5.41, 5.74) is 3.87. The Bertz CT molecular complexity index is 852. The molecular weight excluding hydrogens is 354 g/mol. The topological polar surface area (TPSA) is 62.7 Å². The number of pyridine rings is 1. The SMILES string of the molecule is Cc1ccc(C)c(OCC(=O)N2CCCN(C(=O)c3ccncc3)CC2)c1C. The highest BCUT2D eigenvalue weighted by Gasteiger charge is 2.23. The average Bonchev–Trinajstić information content (AvgIpc) is 2.97. The molecule has 2 aromatic rings. The van der Waals surface area contributed by atoms with Crippen LogP contribution in [0.1, 0.15) is 33.5 Å². The summed E-state index contributed by atoms with van der Waals surface area (Å²) < 4.78 is 5.87. The number of carbonyl (C=O) groups is 2. The van der Waals surface area contributed by atoms with E-state index in [4.69, 9.17) is 4.74 Å². The summed E-state index contributed by atoms with van der Waals surface area (Å²) in [4.78, 5) is 32.8. The molecule has 6 heteroatoms. The van der Waals surface area contributed by atoms with Crippen LogP contribution in [0.4, 0.5) is 0 Å². The van der Waals surface area contributed by atoms with Gasteiger partial charge in [0, 0.05) is 44.1 Å². The van der Waals surface area contributed by atoms with Gasteiger partial charge in [-0.25, -0.2) is 0 Å². The van der Waals surface area contributed by atoms with Crippen molar-refractivity contribution in [3.05, 3.63) is 58.9 Å². The number of aromatic nitrogens is 1. The van der Waals surface area contributed by atoms with Gasteiger partial charge in [0.2, 0.25) is 0 Å². The molecule has 3 rings (SSSR count). The van der Waals surface area contributed by atoms with E-state index >= 15 is 0 Å². The second-order valence-electron chi connectivity index (χ2n) is 7.20. The van der Waals surface area contributed by atoms with Gasteiger partial charge in [-0.15, -0.1) is 0 Å². The minimum absolute atomic E-state index is 0.0149. The van der Waals surface area contributed by atoms with Gasteiger partial charge in [0.05, 0.1) is 0 Å². The van der Waals surface area contributed by atoms with Crippen molar-refractivity contribution in [1.82, 2.24) is 14.8 Å². The third kappa shape index (κ3) is 4.50. The minimum atomic E-state index is -0.0430. The molecule has 0 unspecified atom stereocenters. The van der Waals surface area contributed by atoms with Crippen LogP contribution in [-0.2, 0) is 4.79 Å². The van der Waals surface area contributed by atoms with E-state index in [-0.39, 0.29) is 18.4 Å². The highest BCUT2D eigenvalue weighted by Crippen LogP contribution is 2.25. The van der Waals surface area contributed by atoms with Gasteiger partial charge in [-0.3, -0.25) is 14.6 Å². The Morgan fingerprint density at radius 3 is 2.32 bits per heavy atom. The number of carbonyl (C=O) groups excluding carboxylic acids is 2. The molecule has 1 saturated heterocycles. The molecule has 148 valence electrons. The van der Waals surface area contributed by atoms with Crippen molar-refractivity contribution in [2.24, 2.45) is 0 Å². The van der Waals surface area contributed by atoms with Crippen molar-refractivity contribution in [3.8, 4) is 5.75 Å². The quantitative estimate of drug-likeness (QED) is 0.817. The van der Waals surface area contributed by atoms with E-state index in [1.165, 1.54) is 0 Å². The van der Waals surface area contributed by atoms with Crippen molar-refractivity contribution >= 4 is 11.8 Å². The highest BCUT2D eigenvalue weighted by molar-refractivity contribution is 5.94. The van der Waals surface area contributed by atoms with Crippen LogP contribution in [-0.4, -0.2) is 59.4 Å². The molecule has 1 aliphatic heterocycles. The van der Waals surface area contributed by atoms with Gasteiger partial charge in [-0.05, 0) is 56.0 Å². The zero-order valence-corrected chi connectivity index (χ0v) is 16.8. The number of ether oxygens (including phenoxy) is 1. The minimum Gasteiger partial charge on any atom is -0.483 e. The molecule has 0 aliphatic carbocycles. The molecule has 2 heterocycles. The third-order valence-corrected chi connectivity index (χ3v) is 5.28. The zero-order valence-electron chi connectivity index (χ0n) is 16.8. The number of benzene rings is 1. The molecule has 1 aromatic heterocycles. The number of hydrogen-bond donors (Lipinski definition) is 0. The van der Waals surface area contributed by atoms with E-state index in [0.717, 1.165) is 28.9 Å². The molecule has 0 atom stereocenters. The molecule has 2 amide bonds. The van der Waals surface area contributed by atoms with Crippen molar-refractivity contribution < 1.29 is 14.3 Å². The Morgan fingerprint density at radius 1 is 0.929 bits per heavy atom. The summed E-state index contributed by atoms with van der Waals surface area (Å²) >= 11 is 0. The number of aryl methyl sites for hydroxylation is 2. The Hall–Kier alpha value is -2.89. The number of amides is 2. The highest BCUT2D eigenvalue weighted by atomic mass is 16.5. The van der Waals surface area contributed by atoms with E-state index in [1.807, 2.05) is 26.8 Å². The van der Waals surface area contributed by atoms with Gasteiger partial charge >= 0.3 is 0 Å². The zero-order chi connectivity index (χ0) is 20.1. The Balaban J connectivity index is 1.58. The van der Waals surface area contributed by atoms with Gasteiger partial charge in [-0.2, -0.15) is 0 Å². The lowest BCUT2D eigenvalue weighted by Crippen LogP contribution is -2.39. The molecular formula is C22H27N3O3. The number of nitrogens with zero attached hydrogens (tertiary/aromatic N) is 3. The van der Waals surface area contributed by atoms with Crippen LogP contribution in [0, 0.1) is 20.8 Å². The van der Waals surface area contributed by atoms with E-state index in [9.17, 15) is 9.59 Å². The second-order valence-corrected chi connectivity index (χ2v) is 7.20. The lowest BCUT2D eigenvalue weighted by atomic mass is 10.1. The maximum atomic E-state index is 12.7. The van der Waals surface area contributed by atoms with Crippen molar-refractivity contribution in [2.45, 2.75) is 27.2 Å². The average molecular weight is 381 g/mol. The lowest BCUT2D eigenvalue weighted by molar-refractivity contribution is -0.133. The fourth-order valence-corrected chi connectivity index (χ4v) is 3.42. The smallest absolute Gasteiger partial charge is 0.260 e. The van der Waals surface area contributed by atoms with Crippen molar-refractivity contribution in [2.75, 3.05) is 32.8 Å². The first kappa shape index (κ1) is 19.9. The van der Waals surface area contributed by atoms with E-state index < -0.39 is 0 Å². The number of rotatable bonds is 4. The molecule has 1 aromatic carbocycles. The largest absolute Gasteiger partial charge is 0.483 e. The third-order valence-electron chi connectivity index (χ3n) is 5.28. The predicted molar refractivity (Wildman–Crippen MR) is 107 cm³/mol. The van der Waals surface area contributed by atoms with Crippen LogP contribution in [0.25, 0.3) is 0 Å². The van der Waals surface area contributed by atoms with Crippen LogP contribution >= 0.6 is 0 Å². The van der Waals surface area contributed by atoms with Crippen LogP contribution in [0.3, 0.4) is 0 Å². The Morgan fingerprint density at radius 2 is 1.57 bits per heavy atom. The molecule has 0 saturated carbocycles. The molecule has 0 N–H and O–H groups in total. The predicted octanol–water partition coefficient (Wildman–Crippen LogP) is 2.76. The lowest BCUT2D eigenvalue weighted by Gasteiger charge is -2.23.